The molecule has 0 aliphatic heterocycles. The predicted octanol–water partition coefficient (Wildman–Crippen LogP) is 2.81. The van der Waals surface area contributed by atoms with E-state index in [1.807, 2.05) is 25.1 Å². The van der Waals surface area contributed by atoms with E-state index in [0.29, 0.717) is 4.99 Å². The minimum Gasteiger partial charge on any atom is -0.497 e. The summed E-state index contributed by atoms with van der Waals surface area (Å²) in [5, 5.41) is 0. The number of hydrogen-bond acceptors (Lipinski definition) is 3. The summed E-state index contributed by atoms with van der Waals surface area (Å²) in [6, 6.07) is 5.97. The summed E-state index contributed by atoms with van der Waals surface area (Å²) >= 11 is 8.54. The van der Waals surface area contributed by atoms with Crippen LogP contribution in [0.15, 0.2) is 22.7 Å². The molecule has 2 N–H and O–H groups in total. The molecular formula is C13H19BrN2OS. The number of thiocarbonyl (C=S) groups is 1. The van der Waals surface area contributed by atoms with Crippen molar-refractivity contribution in [1.82, 2.24) is 4.90 Å². The van der Waals surface area contributed by atoms with E-state index in [2.05, 4.69) is 27.9 Å². The zero-order valence-electron chi connectivity index (χ0n) is 10.9. The summed E-state index contributed by atoms with van der Waals surface area (Å²) in [6.45, 7) is 3.71. The molecule has 0 saturated heterocycles. The van der Waals surface area contributed by atoms with E-state index in [1.165, 1.54) is 5.56 Å². The Morgan fingerprint density at radius 3 is 2.78 bits per heavy atom. The highest BCUT2D eigenvalue weighted by atomic mass is 79.9. The van der Waals surface area contributed by atoms with Gasteiger partial charge in [-0.05, 0) is 30.8 Å². The number of ether oxygens (including phenoxy) is 1. The van der Waals surface area contributed by atoms with Gasteiger partial charge in [-0.3, -0.25) is 0 Å². The zero-order chi connectivity index (χ0) is 13.7. The van der Waals surface area contributed by atoms with Gasteiger partial charge in [0.1, 0.15) is 5.75 Å². The molecule has 1 aromatic carbocycles. The van der Waals surface area contributed by atoms with Crippen LogP contribution in [0.25, 0.3) is 0 Å². The van der Waals surface area contributed by atoms with E-state index in [9.17, 15) is 0 Å². The number of halogens is 1. The highest BCUT2D eigenvalue weighted by Gasteiger charge is 2.11. The topological polar surface area (TPSA) is 38.5 Å². The van der Waals surface area contributed by atoms with Crippen molar-refractivity contribution in [2.45, 2.75) is 13.5 Å². The fraction of sp³-hybridized carbons (Fsp3) is 0.462. The fourth-order valence-electron chi connectivity index (χ4n) is 1.71. The molecule has 1 atom stereocenters. The normalized spacial score (nSPS) is 12.5. The van der Waals surface area contributed by atoms with Gasteiger partial charge in [-0.2, -0.15) is 0 Å². The minimum absolute atomic E-state index is 0.217. The second kappa shape index (κ2) is 7.07. The van der Waals surface area contributed by atoms with Gasteiger partial charge in [0.15, 0.2) is 0 Å². The highest BCUT2D eigenvalue weighted by Crippen LogP contribution is 2.23. The molecule has 0 heterocycles. The fourth-order valence-corrected chi connectivity index (χ4v) is 2.16. The predicted molar refractivity (Wildman–Crippen MR) is 83.0 cm³/mol. The number of nitrogens with zero attached hydrogens (tertiary/aromatic N) is 1. The smallest absolute Gasteiger partial charge is 0.119 e. The van der Waals surface area contributed by atoms with Gasteiger partial charge in [0.25, 0.3) is 0 Å². The molecule has 0 aliphatic rings. The van der Waals surface area contributed by atoms with Crippen LogP contribution in [-0.2, 0) is 6.54 Å². The molecule has 100 valence electrons. The van der Waals surface area contributed by atoms with E-state index >= 15 is 0 Å². The number of rotatable bonds is 6. The first-order valence-electron chi connectivity index (χ1n) is 5.74. The standard InChI is InChI=1S/C13H19BrN2OS/c1-9(13(15)18)7-16(2)8-10-6-11(17-3)4-5-12(10)14/h4-6,9H,7-8H2,1-3H3,(H2,15,18). The molecule has 1 rings (SSSR count). The van der Waals surface area contributed by atoms with E-state index in [0.717, 1.165) is 23.3 Å². The lowest BCUT2D eigenvalue weighted by atomic mass is 10.1. The van der Waals surface area contributed by atoms with Gasteiger partial charge in [-0.25, -0.2) is 0 Å². The lowest BCUT2D eigenvalue weighted by Crippen LogP contribution is -2.31. The lowest BCUT2D eigenvalue weighted by molar-refractivity contribution is 0.306. The van der Waals surface area contributed by atoms with E-state index in [-0.39, 0.29) is 5.92 Å². The molecule has 0 spiro atoms. The van der Waals surface area contributed by atoms with Crippen LogP contribution < -0.4 is 10.5 Å². The number of methoxy groups -OCH3 is 1. The second-order valence-corrected chi connectivity index (χ2v) is 5.78. The van der Waals surface area contributed by atoms with Crippen molar-refractivity contribution in [1.29, 1.82) is 0 Å². The number of hydrogen-bond donors (Lipinski definition) is 1. The molecule has 0 fully saturated rings. The second-order valence-electron chi connectivity index (χ2n) is 4.46. The van der Waals surface area contributed by atoms with Gasteiger partial charge in [0.2, 0.25) is 0 Å². The van der Waals surface area contributed by atoms with Gasteiger partial charge in [0, 0.05) is 23.5 Å². The first kappa shape index (κ1) is 15.4. The Morgan fingerprint density at radius 2 is 2.22 bits per heavy atom. The quantitative estimate of drug-likeness (QED) is 0.814. The summed E-state index contributed by atoms with van der Waals surface area (Å²) in [7, 11) is 3.73. The van der Waals surface area contributed by atoms with Crippen LogP contribution in [0, 0.1) is 5.92 Å². The van der Waals surface area contributed by atoms with Gasteiger partial charge in [-0.1, -0.05) is 35.1 Å². The van der Waals surface area contributed by atoms with Crippen LogP contribution in [0.4, 0.5) is 0 Å². The van der Waals surface area contributed by atoms with Crippen LogP contribution in [0.2, 0.25) is 0 Å². The Labute approximate surface area is 122 Å². The summed E-state index contributed by atoms with van der Waals surface area (Å²) in [6.07, 6.45) is 0. The number of benzene rings is 1. The Bertz CT molecular complexity index is 425. The molecule has 1 aromatic rings. The van der Waals surface area contributed by atoms with E-state index in [1.54, 1.807) is 7.11 Å². The van der Waals surface area contributed by atoms with Gasteiger partial charge in [-0.15, -0.1) is 0 Å². The largest absolute Gasteiger partial charge is 0.497 e. The molecule has 0 amide bonds. The van der Waals surface area contributed by atoms with Gasteiger partial charge in [0.05, 0.1) is 12.1 Å². The van der Waals surface area contributed by atoms with Crippen molar-refractivity contribution in [3.63, 3.8) is 0 Å². The zero-order valence-corrected chi connectivity index (χ0v) is 13.3. The molecule has 5 heteroatoms. The van der Waals surface area contributed by atoms with Crippen LogP contribution in [-0.4, -0.2) is 30.6 Å². The maximum Gasteiger partial charge on any atom is 0.119 e. The summed E-state index contributed by atoms with van der Waals surface area (Å²) in [4.78, 5) is 2.76. The van der Waals surface area contributed by atoms with Gasteiger partial charge >= 0.3 is 0 Å². The third-order valence-electron chi connectivity index (χ3n) is 2.76. The molecule has 18 heavy (non-hydrogen) atoms. The average molecular weight is 331 g/mol. The van der Waals surface area contributed by atoms with Crippen LogP contribution in [0.3, 0.4) is 0 Å². The first-order chi connectivity index (χ1) is 8.43. The lowest BCUT2D eigenvalue weighted by Gasteiger charge is -2.21. The Balaban J connectivity index is 2.69. The van der Waals surface area contributed by atoms with Crippen LogP contribution >= 0.6 is 28.1 Å². The first-order valence-corrected chi connectivity index (χ1v) is 6.94. The Morgan fingerprint density at radius 1 is 1.56 bits per heavy atom. The molecular weight excluding hydrogens is 312 g/mol. The molecule has 0 aliphatic carbocycles. The third kappa shape index (κ3) is 4.55. The monoisotopic (exact) mass is 330 g/mol. The highest BCUT2D eigenvalue weighted by molar-refractivity contribution is 9.10. The Kier molecular flexibility index (Phi) is 6.05. The molecule has 3 nitrogen and oxygen atoms in total. The molecule has 0 bridgehead atoms. The summed E-state index contributed by atoms with van der Waals surface area (Å²) in [5.74, 6) is 1.08. The maximum atomic E-state index is 5.63. The minimum atomic E-state index is 0.217. The van der Waals surface area contributed by atoms with E-state index < -0.39 is 0 Å². The third-order valence-corrected chi connectivity index (χ3v) is 3.94. The molecule has 0 radical (unpaired) electrons. The maximum absolute atomic E-state index is 5.63. The molecule has 1 unspecified atom stereocenters. The molecule has 0 saturated carbocycles. The van der Waals surface area contributed by atoms with Crippen LogP contribution in [0.1, 0.15) is 12.5 Å². The van der Waals surface area contributed by atoms with E-state index in [4.69, 9.17) is 22.7 Å². The van der Waals surface area contributed by atoms with Crippen LogP contribution in [0.5, 0.6) is 5.75 Å². The SMILES string of the molecule is COc1ccc(Br)c(CN(C)CC(C)C(N)=S)c1. The Hall–Kier alpha value is -0.650. The molecule has 0 aromatic heterocycles. The van der Waals surface area contributed by atoms with Crippen molar-refractivity contribution in [3.8, 4) is 5.75 Å². The average Bonchev–Trinajstić information content (AvgIpc) is 2.31. The summed E-state index contributed by atoms with van der Waals surface area (Å²) < 4.78 is 6.31. The van der Waals surface area contributed by atoms with Gasteiger partial charge < -0.3 is 15.4 Å². The van der Waals surface area contributed by atoms with Crippen molar-refractivity contribution >= 4 is 33.1 Å². The number of nitrogens with two attached hydrogens (primary N) is 1. The van der Waals surface area contributed by atoms with Crippen molar-refractivity contribution in [3.05, 3.63) is 28.2 Å². The van der Waals surface area contributed by atoms with Crippen molar-refractivity contribution < 1.29 is 4.74 Å². The summed E-state index contributed by atoms with van der Waals surface area (Å²) in [5.41, 5.74) is 6.82. The van der Waals surface area contributed by atoms with Crippen molar-refractivity contribution in [2.75, 3.05) is 20.7 Å². The van der Waals surface area contributed by atoms with Crippen molar-refractivity contribution in [2.24, 2.45) is 11.7 Å².